The molecule has 1 aromatic heterocycles. The van der Waals surface area contributed by atoms with Gasteiger partial charge < -0.3 is 14.5 Å². The Kier molecular flexibility index (Phi) is 8.17. The molecule has 0 saturated carbocycles. The molecule has 0 radical (unpaired) electrons. The number of amides is 1. The third-order valence-corrected chi connectivity index (χ3v) is 6.26. The molecule has 0 aliphatic rings. The Morgan fingerprint density at radius 1 is 1.08 bits per heavy atom. The predicted octanol–water partition coefficient (Wildman–Crippen LogP) is 7.12. The fourth-order valence-corrected chi connectivity index (χ4v) is 4.28. The minimum Gasteiger partial charge on any atom is -0.481 e. The summed E-state index contributed by atoms with van der Waals surface area (Å²) in [6, 6.07) is 11.2. The quantitative estimate of drug-likeness (QED) is 0.177. The zero-order valence-corrected chi connectivity index (χ0v) is 21.9. The number of hydrogen-bond donors (Lipinski definition) is 1. The highest BCUT2D eigenvalue weighted by molar-refractivity contribution is 6.35. The summed E-state index contributed by atoms with van der Waals surface area (Å²) in [5.41, 5.74) is -0.215. The van der Waals surface area contributed by atoms with Crippen LogP contribution < -0.4 is 4.84 Å². The number of carbonyl (C=O) groups excluding carboxylic acids is 1. The Balaban J connectivity index is 1.90. The van der Waals surface area contributed by atoms with Crippen LogP contribution in [0.2, 0.25) is 10.0 Å². The average Bonchev–Trinajstić information content (AvgIpc) is 3.33. The first-order chi connectivity index (χ1) is 18.5. The summed E-state index contributed by atoms with van der Waals surface area (Å²) in [4.78, 5) is 30.9. The van der Waals surface area contributed by atoms with Crippen molar-refractivity contribution < 1.29 is 37.2 Å². The van der Waals surface area contributed by atoms with Gasteiger partial charge in [-0.15, -0.1) is 0 Å². The molecule has 12 heteroatoms. The Hall–Kier alpha value is -4.02. The number of nitrogens with zero attached hydrogens (tertiary/aromatic N) is 2. The first kappa shape index (κ1) is 28.0. The second kappa shape index (κ2) is 11.4. The number of benzene rings is 3. The first-order valence-electron chi connectivity index (χ1n) is 11.4. The molecule has 0 bridgehead atoms. The first-order valence-corrected chi connectivity index (χ1v) is 12.2. The van der Waals surface area contributed by atoms with Crippen molar-refractivity contribution >= 4 is 35.1 Å². The minimum absolute atomic E-state index is 0.0218. The topological polar surface area (TPSA) is 92.9 Å². The van der Waals surface area contributed by atoms with Gasteiger partial charge in [-0.1, -0.05) is 46.6 Å². The number of halogens is 5. The third kappa shape index (κ3) is 5.71. The van der Waals surface area contributed by atoms with Gasteiger partial charge in [-0.3, -0.25) is 9.59 Å². The SMILES string of the molecule is CCN(Oc1ccc(Cl)cc1Cl)C(=O)c1c(-c2cccc(CC(=O)O)c2)noc1-c1cc(F)c(F)c(F)c1C. The number of hydroxylamine groups is 2. The highest BCUT2D eigenvalue weighted by Crippen LogP contribution is 2.37. The van der Waals surface area contributed by atoms with Crippen molar-refractivity contribution in [3.63, 3.8) is 0 Å². The molecule has 0 saturated heterocycles. The van der Waals surface area contributed by atoms with E-state index in [0.717, 1.165) is 5.06 Å². The molecule has 3 aromatic carbocycles. The van der Waals surface area contributed by atoms with E-state index in [4.69, 9.17) is 32.6 Å². The van der Waals surface area contributed by atoms with Crippen molar-refractivity contribution in [2.24, 2.45) is 0 Å². The van der Waals surface area contributed by atoms with Crippen molar-refractivity contribution in [3.8, 4) is 28.3 Å². The molecule has 0 aliphatic heterocycles. The lowest BCUT2D eigenvalue weighted by atomic mass is 9.97. The molecule has 4 rings (SSSR count). The average molecular weight is 579 g/mol. The van der Waals surface area contributed by atoms with Gasteiger partial charge in [0.25, 0.3) is 5.91 Å². The molecule has 39 heavy (non-hydrogen) atoms. The molecule has 0 atom stereocenters. The molecule has 0 unspecified atom stereocenters. The Bertz CT molecular complexity index is 1590. The minimum atomic E-state index is -1.68. The lowest BCUT2D eigenvalue weighted by Gasteiger charge is -2.22. The van der Waals surface area contributed by atoms with E-state index in [1.54, 1.807) is 25.1 Å². The highest BCUT2D eigenvalue weighted by Gasteiger charge is 2.32. The van der Waals surface area contributed by atoms with Crippen LogP contribution in [0.15, 0.2) is 53.1 Å². The summed E-state index contributed by atoms with van der Waals surface area (Å²) >= 11 is 12.1. The van der Waals surface area contributed by atoms with Crippen molar-refractivity contribution in [2.45, 2.75) is 20.3 Å². The van der Waals surface area contributed by atoms with Gasteiger partial charge >= 0.3 is 5.97 Å². The fourth-order valence-electron chi connectivity index (χ4n) is 3.84. The molecular formula is C27H19Cl2F3N2O5. The fraction of sp³-hybridized carbons (Fsp3) is 0.148. The van der Waals surface area contributed by atoms with Crippen molar-refractivity contribution in [1.82, 2.24) is 10.2 Å². The van der Waals surface area contributed by atoms with E-state index in [2.05, 4.69) is 5.16 Å². The van der Waals surface area contributed by atoms with Crippen LogP contribution in [-0.4, -0.2) is 33.7 Å². The summed E-state index contributed by atoms with van der Waals surface area (Å²) in [5.74, 6) is -6.80. The van der Waals surface area contributed by atoms with Crippen LogP contribution in [0, 0.1) is 24.4 Å². The van der Waals surface area contributed by atoms with Gasteiger partial charge in [-0.2, -0.15) is 5.06 Å². The number of carboxylic acids is 1. The summed E-state index contributed by atoms with van der Waals surface area (Å²) in [6.45, 7) is 2.77. The molecular weight excluding hydrogens is 560 g/mol. The van der Waals surface area contributed by atoms with E-state index < -0.39 is 29.3 Å². The number of rotatable bonds is 8. The molecule has 0 spiro atoms. The lowest BCUT2D eigenvalue weighted by Crippen LogP contribution is -2.34. The standard InChI is InChI=1S/C27H19Cl2F3N2O5/c1-3-34(39-20-8-7-16(28)11-18(20)29)27(37)22-25(15-6-4-5-14(9-15)10-21(35)36)33-38-26(22)17-12-19(30)24(32)23(31)13(17)2/h4-9,11-12H,3,10H2,1-2H3,(H,35,36). The molecule has 0 aliphatic carbocycles. The van der Waals surface area contributed by atoms with E-state index >= 15 is 0 Å². The van der Waals surface area contributed by atoms with Crippen LogP contribution in [-0.2, 0) is 11.2 Å². The van der Waals surface area contributed by atoms with E-state index in [9.17, 15) is 27.9 Å². The molecule has 4 aromatic rings. The van der Waals surface area contributed by atoms with Gasteiger partial charge in [0.15, 0.2) is 29.0 Å². The molecule has 1 heterocycles. The zero-order chi connectivity index (χ0) is 28.4. The normalized spacial score (nSPS) is 10.9. The van der Waals surface area contributed by atoms with Crippen molar-refractivity contribution in [2.75, 3.05) is 6.54 Å². The molecule has 202 valence electrons. The van der Waals surface area contributed by atoms with Gasteiger partial charge in [0.05, 0.1) is 18.0 Å². The van der Waals surface area contributed by atoms with Crippen LogP contribution in [0.4, 0.5) is 13.2 Å². The van der Waals surface area contributed by atoms with Crippen LogP contribution >= 0.6 is 23.2 Å². The number of aromatic nitrogens is 1. The van der Waals surface area contributed by atoms with Crippen molar-refractivity contribution in [1.29, 1.82) is 0 Å². The monoisotopic (exact) mass is 578 g/mol. The number of aliphatic carboxylic acids is 1. The van der Waals surface area contributed by atoms with Crippen LogP contribution in [0.1, 0.15) is 28.4 Å². The van der Waals surface area contributed by atoms with Gasteiger partial charge in [0.2, 0.25) is 0 Å². The van der Waals surface area contributed by atoms with E-state index in [1.165, 1.54) is 31.2 Å². The maximum absolute atomic E-state index is 14.5. The van der Waals surface area contributed by atoms with Crippen LogP contribution in [0.3, 0.4) is 0 Å². The maximum atomic E-state index is 14.5. The van der Waals surface area contributed by atoms with Crippen molar-refractivity contribution in [3.05, 3.63) is 92.7 Å². The molecule has 1 N–H and O–H groups in total. The second-order valence-corrected chi connectivity index (χ2v) is 9.17. The highest BCUT2D eigenvalue weighted by atomic mass is 35.5. The van der Waals surface area contributed by atoms with Gasteiger partial charge in [0.1, 0.15) is 11.3 Å². The second-order valence-electron chi connectivity index (χ2n) is 8.33. The van der Waals surface area contributed by atoms with Gasteiger partial charge in [-0.05, 0) is 55.3 Å². The Morgan fingerprint density at radius 3 is 2.49 bits per heavy atom. The molecule has 0 fully saturated rings. The van der Waals surface area contributed by atoms with E-state index in [1.807, 2.05) is 0 Å². The van der Waals surface area contributed by atoms with Crippen LogP contribution in [0.5, 0.6) is 5.75 Å². The molecule has 7 nitrogen and oxygen atoms in total. The van der Waals surface area contributed by atoms with E-state index in [0.29, 0.717) is 16.7 Å². The number of hydrogen-bond acceptors (Lipinski definition) is 5. The number of carboxylic acid groups (broad SMARTS) is 1. The van der Waals surface area contributed by atoms with Gasteiger partial charge in [-0.25, -0.2) is 13.2 Å². The summed E-state index contributed by atoms with van der Waals surface area (Å²) < 4.78 is 48.1. The summed E-state index contributed by atoms with van der Waals surface area (Å²) in [5, 5.41) is 14.5. The van der Waals surface area contributed by atoms with Crippen LogP contribution in [0.25, 0.3) is 22.6 Å². The Labute approximate surface area is 230 Å². The summed E-state index contributed by atoms with van der Waals surface area (Å²) in [7, 11) is 0. The van der Waals surface area contributed by atoms with E-state index in [-0.39, 0.29) is 57.4 Å². The van der Waals surface area contributed by atoms with Gasteiger partial charge in [0, 0.05) is 16.1 Å². The smallest absolute Gasteiger partial charge is 0.307 e. The maximum Gasteiger partial charge on any atom is 0.307 e. The largest absolute Gasteiger partial charge is 0.481 e. The zero-order valence-electron chi connectivity index (χ0n) is 20.4. The Morgan fingerprint density at radius 2 is 1.82 bits per heavy atom. The molecule has 1 amide bonds. The number of carbonyl (C=O) groups is 2. The third-order valence-electron chi connectivity index (χ3n) is 5.73. The lowest BCUT2D eigenvalue weighted by molar-refractivity contribution is -0.136. The summed E-state index contributed by atoms with van der Waals surface area (Å²) in [6.07, 6.45) is -0.311. The predicted molar refractivity (Wildman–Crippen MR) is 137 cm³/mol.